The first-order valence-electron chi connectivity index (χ1n) is 22.2. The minimum absolute atomic E-state index is 0.0649. The molecular weight excluding hydrogens is 879 g/mol. The predicted molar refractivity (Wildman–Crippen MR) is 223 cm³/mol. The van der Waals surface area contributed by atoms with Crippen LogP contribution in [0.4, 0.5) is 0 Å². The molecule has 7 saturated heterocycles. The third-order valence-electron chi connectivity index (χ3n) is 15.8. The Morgan fingerprint density at radius 1 is 0.612 bits per heavy atom. The summed E-state index contributed by atoms with van der Waals surface area (Å²) >= 11 is 0. The van der Waals surface area contributed by atoms with Crippen molar-refractivity contribution >= 4 is 59.1 Å². The fourth-order valence-electron chi connectivity index (χ4n) is 12.5. The van der Waals surface area contributed by atoms with E-state index >= 15 is 0 Å². The molecule has 24 nitrogen and oxygen atoms in total. The summed E-state index contributed by atoms with van der Waals surface area (Å²) in [6, 6.07) is -5.22. The van der Waals surface area contributed by atoms with Gasteiger partial charge < -0.3 is 51.3 Å². The maximum Gasteiger partial charge on any atom is 0.333 e. The van der Waals surface area contributed by atoms with Gasteiger partial charge in [-0.05, 0) is 55.4 Å². The van der Waals surface area contributed by atoms with E-state index in [0.717, 1.165) is 36.8 Å². The number of hydrogen-bond donors (Lipinski definition) is 5. The summed E-state index contributed by atoms with van der Waals surface area (Å²) in [4.78, 5) is 145. The van der Waals surface area contributed by atoms with Gasteiger partial charge in [0.25, 0.3) is 23.6 Å². The smallest absolute Gasteiger partial charge is 0.333 e. The number of esters is 1. The summed E-state index contributed by atoms with van der Waals surface area (Å²) in [5.41, 5.74) is -6.41. The van der Waals surface area contributed by atoms with Gasteiger partial charge in [0.2, 0.25) is 29.5 Å². The van der Waals surface area contributed by atoms with E-state index in [1.807, 2.05) is 0 Å². The highest BCUT2D eigenvalue weighted by atomic mass is 16.5. The number of ether oxygens (including phenoxy) is 1. The SMILES string of the molecule is COC(=O)[C@@]1(NC(=O)C2=CC(C)(C)N([O])C2(C)C)C[C@H]2C(=O)N[C@@]3(C[C@H]4C(=O)N[C@@]5(CC6C(=O)N[C@@]7(C[C@@H](C(N)=O)N(C(=O)C8=CC(C)(C)N([O])C8(C)C)C7)C(=O)N6C5)C(=O)N4C3)C(=O)N2C1. The summed E-state index contributed by atoms with van der Waals surface area (Å²) in [6.07, 6.45) is 1.44. The molecule has 0 aromatic carbocycles. The standard InChI is InChI=1S/C43H55N11O13/c1-36(2)10-20(38(5,6)53(36)65)27(56)45-43(35(64)67-9)15-25-30(59)48-42(34(63)52(25)19-43)14-24-29(58)47-41(33(62)51(24)18-42)13-23-28(57)46-40(32(61)50(23)17-41)12-22(26(44)55)49(16-40)31(60)21-11-37(3,4)54(66)39(21,7)8/h10-11,22-25H,12-19H2,1-9H3,(H2,44,55)(H,45,56)(H,46,57)(H,47,58)(H,48,59)/t22-,23?,24-,25-,40+,41+,42+,43+/m0/s1. The van der Waals surface area contributed by atoms with Gasteiger partial charge in [0.05, 0.1) is 55.4 Å². The second kappa shape index (κ2) is 13.8. The van der Waals surface area contributed by atoms with Crippen molar-refractivity contribution in [3.05, 3.63) is 23.3 Å². The minimum atomic E-state index is -1.94. The molecule has 67 heavy (non-hydrogen) atoms. The molecular formula is C43H55N11O13. The Bertz CT molecular complexity index is 2490. The number of carbonyl (C=O) groups excluding carboxylic acids is 10. The molecule has 360 valence electrons. The van der Waals surface area contributed by atoms with E-state index in [1.165, 1.54) is 12.2 Å². The van der Waals surface area contributed by atoms with Crippen molar-refractivity contribution in [1.29, 1.82) is 0 Å². The molecule has 9 aliphatic rings. The number of hydroxylamine groups is 4. The molecule has 2 radical (unpaired) electrons. The fraction of sp³-hybridized carbons (Fsp3) is 0.674. The maximum atomic E-state index is 14.8. The van der Waals surface area contributed by atoms with E-state index in [4.69, 9.17) is 10.5 Å². The molecule has 0 aromatic heterocycles. The molecule has 9 aliphatic heterocycles. The van der Waals surface area contributed by atoms with Crippen LogP contribution in [0.25, 0.3) is 0 Å². The van der Waals surface area contributed by atoms with E-state index in [2.05, 4.69) is 21.3 Å². The number of nitrogens with one attached hydrogen (secondary N) is 4. The van der Waals surface area contributed by atoms with Crippen LogP contribution in [0.3, 0.4) is 0 Å². The van der Waals surface area contributed by atoms with Crippen molar-refractivity contribution < 1.29 is 63.1 Å². The van der Waals surface area contributed by atoms with Gasteiger partial charge in [-0.15, -0.1) is 20.5 Å². The minimum Gasteiger partial charge on any atom is -0.467 e. The van der Waals surface area contributed by atoms with Crippen molar-refractivity contribution in [2.75, 3.05) is 33.3 Å². The molecule has 1 unspecified atom stereocenters. The lowest BCUT2D eigenvalue weighted by Crippen LogP contribution is -2.71. The maximum absolute atomic E-state index is 14.8. The van der Waals surface area contributed by atoms with E-state index in [1.54, 1.807) is 55.4 Å². The van der Waals surface area contributed by atoms with Crippen LogP contribution in [-0.2, 0) is 63.1 Å². The molecule has 9 amide bonds. The molecule has 0 aromatic rings. The number of fused-ring (bicyclic) bond motifs is 3. The van der Waals surface area contributed by atoms with E-state index in [9.17, 15) is 58.4 Å². The zero-order valence-corrected chi connectivity index (χ0v) is 38.7. The van der Waals surface area contributed by atoms with E-state index in [0.29, 0.717) is 0 Å². The summed E-state index contributed by atoms with van der Waals surface area (Å²) in [5, 5.41) is 38.6. The second-order valence-corrected chi connectivity index (χ2v) is 21.9. The van der Waals surface area contributed by atoms with Gasteiger partial charge in [0, 0.05) is 36.8 Å². The lowest BCUT2D eigenvalue weighted by atomic mass is 9.88. The molecule has 6 N–H and O–H groups in total. The largest absolute Gasteiger partial charge is 0.467 e. The quantitative estimate of drug-likeness (QED) is 0.164. The average molecular weight is 934 g/mol. The summed E-state index contributed by atoms with van der Waals surface area (Å²) in [6.45, 7) is 10.7. The zero-order valence-electron chi connectivity index (χ0n) is 38.7. The number of nitrogens with zero attached hydrogens (tertiary/aromatic N) is 6. The topological polar surface area (TPSA) is 313 Å². The van der Waals surface area contributed by atoms with Crippen molar-refractivity contribution in [2.45, 2.75) is 150 Å². The lowest BCUT2D eigenvalue weighted by Gasteiger charge is -2.42. The summed E-state index contributed by atoms with van der Waals surface area (Å²) < 4.78 is 5.09. The highest BCUT2D eigenvalue weighted by Gasteiger charge is 2.71. The summed E-state index contributed by atoms with van der Waals surface area (Å²) in [7, 11) is 1.08. The first-order chi connectivity index (χ1) is 30.8. The Morgan fingerprint density at radius 2 is 1.01 bits per heavy atom. The molecule has 9 rings (SSSR count). The van der Waals surface area contributed by atoms with Crippen molar-refractivity contribution in [1.82, 2.24) is 51.0 Å². The Labute approximate surface area is 384 Å². The third-order valence-corrected chi connectivity index (χ3v) is 15.8. The molecule has 8 atom stereocenters. The Morgan fingerprint density at radius 3 is 1.42 bits per heavy atom. The average Bonchev–Trinajstić information content (AvgIpc) is 4.08. The van der Waals surface area contributed by atoms with Gasteiger partial charge in [-0.1, -0.05) is 12.2 Å². The lowest BCUT2D eigenvalue weighted by molar-refractivity contribution is -0.238. The molecule has 0 aliphatic carbocycles. The molecule has 7 fully saturated rings. The van der Waals surface area contributed by atoms with Gasteiger partial charge in [-0.25, -0.2) is 4.79 Å². The molecule has 0 saturated carbocycles. The van der Waals surface area contributed by atoms with Crippen molar-refractivity contribution in [3.63, 3.8) is 0 Å². The van der Waals surface area contributed by atoms with Gasteiger partial charge in [0.15, 0.2) is 5.54 Å². The number of rotatable bonds is 5. The van der Waals surface area contributed by atoms with Crippen molar-refractivity contribution in [3.8, 4) is 0 Å². The van der Waals surface area contributed by atoms with Crippen LogP contribution in [0.1, 0.15) is 81.1 Å². The second-order valence-electron chi connectivity index (χ2n) is 21.9. The summed E-state index contributed by atoms with van der Waals surface area (Å²) in [5.74, 6) is -7.78. The number of carbonyl (C=O) groups is 10. The number of primary amides is 1. The molecule has 0 bridgehead atoms. The Balaban J connectivity index is 0.949. The van der Waals surface area contributed by atoms with Gasteiger partial charge in [0.1, 0.15) is 40.8 Å². The van der Waals surface area contributed by atoms with Gasteiger partial charge >= 0.3 is 5.97 Å². The van der Waals surface area contributed by atoms with Crippen LogP contribution < -0.4 is 27.0 Å². The fourth-order valence-corrected chi connectivity index (χ4v) is 12.5. The van der Waals surface area contributed by atoms with Gasteiger partial charge in [-0.3, -0.25) is 43.2 Å². The third kappa shape index (κ3) is 6.10. The van der Waals surface area contributed by atoms with E-state index < -0.39 is 160 Å². The highest BCUT2D eigenvalue weighted by molar-refractivity contribution is 6.10. The number of hydrogen-bond acceptors (Lipinski definition) is 13. The van der Waals surface area contributed by atoms with Crippen LogP contribution in [0, 0.1) is 0 Å². The normalized spacial score (nSPS) is 37.9. The Kier molecular flexibility index (Phi) is 9.51. The van der Waals surface area contributed by atoms with Crippen LogP contribution in [-0.4, -0.2) is 191 Å². The Hall–Kier alpha value is -5.98. The first kappa shape index (κ1) is 46.1. The first-order valence-corrected chi connectivity index (χ1v) is 22.2. The van der Waals surface area contributed by atoms with E-state index in [-0.39, 0.29) is 30.4 Å². The van der Waals surface area contributed by atoms with Crippen LogP contribution in [0.15, 0.2) is 23.3 Å². The number of methoxy groups -OCH3 is 1. The molecule has 3 spiro atoms. The highest BCUT2D eigenvalue weighted by Crippen LogP contribution is 2.47. The van der Waals surface area contributed by atoms with Gasteiger partial charge in [-0.2, -0.15) is 0 Å². The zero-order chi connectivity index (χ0) is 49.3. The predicted octanol–water partition coefficient (Wildman–Crippen LogP) is -4.20. The molecule has 9 heterocycles. The van der Waals surface area contributed by atoms with Crippen LogP contribution in [0.2, 0.25) is 0 Å². The number of nitrogens with two attached hydrogens (primary N) is 1. The van der Waals surface area contributed by atoms with Crippen LogP contribution >= 0.6 is 0 Å². The van der Waals surface area contributed by atoms with Crippen LogP contribution in [0.5, 0.6) is 0 Å². The number of likely N-dealkylation sites (tertiary alicyclic amines) is 1. The van der Waals surface area contributed by atoms with Crippen molar-refractivity contribution in [2.24, 2.45) is 5.73 Å². The molecule has 24 heteroatoms. The number of piperazine rings is 3. The number of amides is 9. The monoisotopic (exact) mass is 933 g/mol.